The third kappa shape index (κ3) is 4.51. The molecular weight excluding hydrogens is 240 g/mol. The lowest BCUT2D eigenvalue weighted by Gasteiger charge is -2.33. The first-order valence-corrected chi connectivity index (χ1v) is 7.58. The van der Waals surface area contributed by atoms with Crippen molar-refractivity contribution in [3.63, 3.8) is 0 Å². The summed E-state index contributed by atoms with van der Waals surface area (Å²) in [6, 6.07) is 0.294. The number of hydrogen-bond donors (Lipinski definition) is 1. The molecule has 0 aromatic carbocycles. The predicted octanol–water partition coefficient (Wildman–Crippen LogP) is 2.19. The smallest absolute Gasteiger partial charge is 0.225 e. The van der Waals surface area contributed by atoms with E-state index in [0.717, 1.165) is 38.8 Å². The molecule has 1 rings (SSSR count). The summed E-state index contributed by atoms with van der Waals surface area (Å²) in [5.41, 5.74) is 0. The Morgan fingerprint density at radius 2 is 1.68 bits per heavy atom. The SMILES string of the molecule is CCC(CC)NC(=O)C1CCN(C(=O)C(C)C)CC1. The van der Waals surface area contributed by atoms with Crippen molar-refractivity contribution in [1.82, 2.24) is 10.2 Å². The molecule has 4 nitrogen and oxygen atoms in total. The molecule has 0 atom stereocenters. The second-order valence-electron chi connectivity index (χ2n) is 5.78. The second-order valence-corrected chi connectivity index (χ2v) is 5.78. The number of carbonyl (C=O) groups is 2. The molecule has 1 aliphatic heterocycles. The summed E-state index contributed by atoms with van der Waals surface area (Å²) >= 11 is 0. The largest absolute Gasteiger partial charge is 0.353 e. The second kappa shape index (κ2) is 7.51. The normalized spacial score (nSPS) is 17.1. The van der Waals surface area contributed by atoms with Crippen molar-refractivity contribution < 1.29 is 9.59 Å². The van der Waals surface area contributed by atoms with E-state index in [-0.39, 0.29) is 23.7 Å². The number of likely N-dealkylation sites (tertiary alicyclic amines) is 1. The summed E-state index contributed by atoms with van der Waals surface area (Å²) in [7, 11) is 0. The molecule has 0 saturated carbocycles. The zero-order valence-electron chi connectivity index (χ0n) is 12.7. The number of nitrogens with one attached hydrogen (secondary N) is 1. The van der Waals surface area contributed by atoms with Crippen LogP contribution >= 0.6 is 0 Å². The number of carbonyl (C=O) groups excluding carboxylic acids is 2. The quantitative estimate of drug-likeness (QED) is 0.831. The van der Waals surface area contributed by atoms with Crippen LogP contribution in [0.5, 0.6) is 0 Å². The van der Waals surface area contributed by atoms with Crippen molar-refractivity contribution in [1.29, 1.82) is 0 Å². The molecule has 1 aliphatic rings. The van der Waals surface area contributed by atoms with E-state index in [1.165, 1.54) is 0 Å². The highest BCUT2D eigenvalue weighted by molar-refractivity contribution is 5.80. The van der Waals surface area contributed by atoms with E-state index in [9.17, 15) is 9.59 Å². The highest BCUT2D eigenvalue weighted by Gasteiger charge is 2.28. The molecule has 1 heterocycles. The van der Waals surface area contributed by atoms with Crippen molar-refractivity contribution >= 4 is 11.8 Å². The van der Waals surface area contributed by atoms with Gasteiger partial charge in [0.2, 0.25) is 11.8 Å². The van der Waals surface area contributed by atoms with E-state index >= 15 is 0 Å². The highest BCUT2D eigenvalue weighted by atomic mass is 16.2. The van der Waals surface area contributed by atoms with E-state index in [1.54, 1.807) is 0 Å². The van der Waals surface area contributed by atoms with Crippen LogP contribution in [0.25, 0.3) is 0 Å². The lowest BCUT2D eigenvalue weighted by Crippen LogP contribution is -2.46. The summed E-state index contributed by atoms with van der Waals surface area (Å²) in [6.45, 7) is 9.48. The fourth-order valence-electron chi connectivity index (χ4n) is 2.54. The first-order valence-electron chi connectivity index (χ1n) is 7.58. The van der Waals surface area contributed by atoms with Gasteiger partial charge in [0.05, 0.1) is 0 Å². The van der Waals surface area contributed by atoms with Crippen LogP contribution in [0, 0.1) is 11.8 Å². The third-order valence-corrected chi connectivity index (χ3v) is 4.00. The summed E-state index contributed by atoms with van der Waals surface area (Å²) in [4.78, 5) is 25.9. The Morgan fingerprint density at radius 3 is 2.11 bits per heavy atom. The van der Waals surface area contributed by atoms with Gasteiger partial charge in [0.1, 0.15) is 0 Å². The van der Waals surface area contributed by atoms with Crippen LogP contribution < -0.4 is 5.32 Å². The van der Waals surface area contributed by atoms with Gasteiger partial charge in [-0.15, -0.1) is 0 Å². The lowest BCUT2D eigenvalue weighted by molar-refractivity contribution is -0.138. The molecule has 0 spiro atoms. The Kier molecular flexibility index (Phi) is 6.32. The Balaban J connectivity index is 2.41. The maximum atomic E-state index is 12.1. The van der Waals surface area contributed by atoms with Gasteiger partial charge in [-0.2, -0.15) is 0 Å². The molecule has 0 aromatic heterocycles. The fourth-order valence-corrected chi connectivity index (χ4v) is 2.54. The van der Waals surface area contributed by atoms with Crippen molar-refractivity contribution in [3.05, 3.63) is 0 Å². The van der Waals surface area contributed by atoms with Gasteiger partial charge in [-0.3, -0.25) is 9.59 Å². The van der Waals surface area contributed by atoms with E-state index < -0.39 is 0 Å². The lowest BCUT2D eigenvalue weighted by atomic mass is 9.94. The Hall–Kier alpha value is -1.06. The zero-order valence-corrected chi connectivity index (χ0v) is 12.7. The van der Waals surface area contributed by atoms with Gasteiger partial charge < -0.3 is 10.2 Å². The molecule has 1 saturated heterocycles. The summed E-state index contributed by atoms with van der Waals surface area (Å²) in [5, 5.41) is 3.11. The Labute approximate surface area is 116 Å². The topological polar surface area (TPSA) is 49.4 Å². The van der Waals surface area contributed by atoms with Gasteiger partial charge in [0.25, 0.3) is 0 Å². The summed E-state index contributed by atoms with van der Waals surface area (Å²) < 4.78 is 0. The molecule has 0 aromatic rings. The standard InChI is InChI=1S/C15H28N2O2/c1-5-13(6-2)16-14(18)12-7-9-17(10-8-12)15(19)11(3)4/h11-13H,5-10H2,1-4H3,(H,16,18). The summed E-state index contributed by atoms with van der Waals surface area (Å²) in [6.07, 6.45) is 3.55. The molecule has 2 amide bonds. The first kappa shape index (κ1) is 16.0. The van der Waals surface area contributed by atoms with Gasteiger partial charge in [-0.1, -0.05) is 27.7 Å². The number of piperidine rings is 1. The van der Waals surface area contributed by atoms with Crippen LogP contribution in [0.15, 0.2) is 0 Å². The molecule has 1 fully saturated rings. The average molecular weight is 268 g/mol. The van der Waals surface area contributed by atoms with Crippen LogP contribution in [0.2, 0.25) is 0 Å². The Bertz CT molecular complexity index is 303. The highest BCUT2D eigenvalue weighted by Crippen LogP contribution is 2.19. The molecule has 0 radical (unpaired) electrons. The maximum Gasteiger partial charge on any atom is 0.225 e. The monoisotopic (exact) mass is 268 g/mol. The van der Waals surface area contributed by atoms with Gasteiger partial charge in [-0.05, 0) is 25.7 Å². The number of nitrogens with zero attached hydrogens (tertiary/aromatic N) is 1. The Morgan fingerprint density at radius 1 is 1.16 bits per heavy atom. The minimum atomic E-state index is 0.0509. The molecule has 19 heavy (non-hydrogen) atoms. The molecule has 1 N–H and O–H groups in total. The van der Waals surface area contributed by atoms with Gasteiger partial charge in [0, 0.05) is 31.0 Å². The zero-order chi connectivity index (χ0) is 14.4. The van der Waals surface area contributed by atoms with Crippen LogP contribution in [-0.4, -0.2) is 35.8 Å². The summed E-state index contributed by atoms with van der Waals surface area (Å²) in [5.74, 6) is 0.510. The average Bonchev–Trinajstić information content (AvgIpc) is 2.43. The fraction of sp³-hybridized carbons (Fsp3) is 0.867. The predicted molar refractivity (Wildman–Crippen MR) is 76.7 cm³/mol. The van der Waals surface area contributed by atoms with Crippen molar-refractivity contribution in [2.45, 2.75) is 59.4 Å². The van der Waals surface area contributed by atoms with Gasteiger partial charge >= 0.3 is 0 Å². The van der Waals surface area contributed by atoms with E-state index in [2.05, 4.69) is 19.2 Å². The minimum Gasteiger partial charge on any atom is -0.353 e. The van der Waals surface area contributed by atoms with Crippen molar-refractivity contribution in [2.24, 2.45) is 11.8 Å². The number of rotatable bonds is 5. The van der Waals surface area contributed by atoms with Crippen LogP contribution in [0.3, 0.4) is 0 Å². The van der Waals surface area contributed by atoms with Crippen LogP contribution in [-0.2, 0) is 9.59 Å². The van der Waals surface area contributed by atoms with E-state index in [0.29, 0.717) is 6.04 Å². The molecular formula is C15H28N2O2. The first-order chi connectivity index (χ1) is 8.99. The molecule has 0 aliphatic carbocycles. The van der Waals surface area contributed by atoms with E-state index in [4.69, 9.17) is 0 Å². The van der Waals surface area contributed by atoms with Gasteiger partial charge in [-0.25, -0.2) is 0 Å². The number of hydrogen-bond acceptors (Lipinski definition) is 2. The molecule has 110 valence electrons. The third-order valence-electron chi connectivity index (χ3n) is 4.00. The maximum absolute atomic E-state index is 12.1. The van der Waals surface area contributed by atoms with Crippen LogP contribution in [0.1, 0.15) is 53.4 Å². The van der Waals surface area contributed by atoms with Crippen molar-refractivity contribution in [3.8, 4) is 0 Å². The van der Waals surface area contributed by atoms with Crippen molar-refractivity contribution in [2.75, 3.05) is 13.1 Å². The molecule has 4 heteroatoms. The molecule has 0 bridgehead atoms. The van der Waals surface area contributed by atoms with Crippen LogP contribution in [0.4, 0.5) is 0 Å². The van der Waals surface area contributed by atoms with E-state index in [1.807, 2.05) is 18.7 Å². The molecule has 0 unspecified atom stereocenters. The number of amides is 2. The minimum absolute atomic E-state index is 0.0509. The van der Waals surface area contributed by atoms with Gasteiger partial charge in [0.15, 0.2) is 0 Å².